The molecule has 1 fully saturated rings. The Labute approximate surface area is 167 Å². The van der Waals surface area contributed by atoms with Gasteiger partial charge >= 0.3 is 0 Å². The SMILES string of the molecule is Cc1ccc(S(=O)(=O)N2CCN(C(=S)Nc3ccc(C)cc3C)CC2)cc1. The number of nitrogens with one attached hydrogen (secondary N) is 1. The zero-order valence-electron chi connectivity index (χ0n) is 15.9. The van der Waals surface area contributed by atoms with E-state index < -0.39 is 10.0 Å². The molecule has 0 saturated carbocycles. The topological polar surface area (TPSA) is 52.7 Å². The van der Waals surface area contributed by atoms with Gasteiger partial charge in [0.25, 0.3) is 0 Å². The average molecular weight is 404 g/mol. The van der Waals surface area contributed by atoms with E-state index in [1.54, 1.807) is 12.1 Å². The second-order valence-corrected chi connectivity index (χ2v) is 9.28. The van der Waals surface area contributed by atoms with Crippen molar-refractivity contribution in [2.75, 3.05) is 31.5 Å². The van der Waals surface area contributed by atoms with E-state index in [-0.39, 0.29) is 0 Å². The number of thiocarbonyl (C=S) groups is 1. The van der Waals surface area contributed by atoms with Crippen molar-refractivity contribution in [2.45, 2.75) is 25.7 Å². The van der Waals surface area contributed by atoms with Crippen molar-refractivity contribution in [1.82, 2.24) is 9.21 Å². The molecule has 0 atom stereocenters. The van der Waals surface area contributed by atoms with E-state index in [0.29, 0.717) is 36.2 Å². The summed E-state index contributed by atoms with van der Waals surface area (Å²) in [4.78, 5) is 2.37. The largest absolute Gasteiger partial charge is 0.346 e. The van der Waals surface area contributed by atoms with E-state index in [0.717, 1.165) is 16.8 Å². The van der Waals surface area contributed by atoms with Crippen LogP contribution in [0.5, 0.6) is 0 Å². The summed E-state index contributed by atoms with van der Waals surface area (Å²) in [6.45, 7) is 8.03. The summed E-state index contributed by atoms with van der Waals surface area (Å²) in [6, 6.07) is 13.2. The number of piperazine rings is 1. The lowest BCUT2D eigenvalue weighted by molar-refractivity contribution is 0.268. The summed E-state index contributed by atoms with van der Waals surface area (Å²) >= 11 is 5.54. The highest BCUT2D eigenvalue weighted by atomic mass is 32.2. The van der Waals surface area contributed by atoms with Gasteiger partial charge in [0.15, 0.2) is 5.11 Å². The monoisotopic (exact) mass is 403 g/mol. The third kappa shape index (κ3) is 4.48. The zero-order valence-corrected chi connectivity index (χ0v) is 17.5. The fourth-order valence-electron chi connectivity index (χ4n) is 3.14. The molecule has 5 nitrogen and oxygen atoms in total. The molecule has 0 aromatic heterocycles. The van der Waals surface area contributed by atoms with Gasteiger partial charge in [-0.25, -0.2) is 8.42 Å². The number of aryl methyl sites for hydroxylation is 3. The van der Waals surface area contributed by atoms with Gasteiger partial charge in [-0.1, -0.05) is 35.4 Å². The highest BCUT2D eigenvalue weighted by molar-refractivity contribution is 7.89. The van der Waals surface area contributed by atoms with Gasteiger partial charge in [-0.3, -0.25) is 0 Å². The molecule has 0 spiro atoms. The molecule has 1 saturated heterocycles. The van der Waals surface area contributed by atoms with Crippen molar-refractivity contribution in [3.63, 3.8) is 0 Å². The van der Waals surface area contributed by atoms with Crippen LogP contribution in [0.2, 0.25) is 0 Å². The Morgan fingerprint density at radius 3 is 2.11 bits per heavy atom. The average Bonchev–Trinajstić information content (AvgIpc) is 2.64. The van der Waals surface area contributed by atoms with Crippen LogP contribution in [-0.2, 0) is 10.0 Å². The normalized spacial score (nSPS) is 15.6. The summed E-state index contributed by atoms with van der Waals surface area (Å²) in [5.74, 6) is 0. The van der Waals surface area contributed by atoms with E-state index in [4.69, 9.17) is 12.2 Å². The highest BCUT2D eigenvalue weighted by Gasteiger charge is 2.29. The zero-order chi connectivity index (χ0) is 19.6. The minimum Gasteiger partial charge on any atom is -0.346 e. The minimum atomic E-state index is -3.46. The standard InChI is InChI=1S/C20H25N3O2S2/c1-15-4-7-18(8-5-15)27(24,25)23-12-10-22(11-13-23)20(26)21-19-9-6-16(2)14-17(19)3/h4-9,14H,10-13H2,1-3H3,(H,21,26). The first-order valence-electron chi connectivity index (χ1n) is 8.97. The quantitative estimate of drug-likeness (QED) is 0.797. The molecule has 27 heavy (non-hydrogen) atoms. The van der Waals surface area contributed by atoms with E-state index >= 15 is 0 Å². The Bertz CT molecular complexity index is 932. The van der Waals surface area contributed by atoms with Crippen molar-refractivity contribution in [3.8, 4) is 0 Å². The molecule has 0 unspecified atom stereocenters. The van der Waals surface area contributed by atoms with Crippen LogP contribution in [0.15, 0.2) is 47.4 Å². The van der Waals surface area contributed by atoms with Crippen LogP contribution in [0.4, 0.5) is 5.69 Å². The fourth-order valence-corrected chi connectivity index (χ4v) is 4.85. The molecule has 1 heterocycles. The summed E-state index contributed by atoms with van der Waals surface area (Å²) in [5, 5.41) is 3.92. The van der Waals surface area contributed by atoms with Crippen molar-refractivity contribution in [3.05, 3.63) is 59.2 Å². The molecule has 2 aromatic carbocycles. The van der Waals surface area contributed by atoms with Gasteiger partial charge in [0.2, 0.25) is 10.0 Å². The first-order valence-corrected chi connectivity index (χ1v) is 10.8. The maximum Gasteiger partial charge on any atom is 0.243 e. The number of hydrogen-bond acceptors (Lipinski definition) is 3. The lowest BCUT2D eigenvalue weighted by Crippen LogP contribution is -2.51. The lowest BCUT2D eigenvalue weighted by Gasteiger charge is -2.35. The minimum absolute atomic E-state index is 0.345. The van der Waals surface area contributed by atoms with Crippen molar-refractivity contribution in [2.24, 2.45) is 0 Å². The second-order valence-electron chi connectivity index (χ2n) is 6.95. The Morgan fingerprint density at radius 1 is 0.926 bits per heavy atom. The van der Waals surface area contributed by atoms with Gasteiger partial charge in [-0.15, -0.1) is 0 Å². The molecule has 0 bridgehead atoms. The molecule has 144 valence electrons. The number of benzene rings is 2. The molecule has 2 aromatic rings. The number of hydrogen-bond donors (Lipinski definition) is 1. The predicted molar refractivity (Wildman–Crippen MR) is 114 cm³/mol. The Hall–Kier alpha value is -1.96. The third-order valence-electron chi connectivity index (χ3n) is 4.81. The molecule has 1 aliphatic heterocycles. The van der Waals surface area contributed by atoms with Crippen LogP contribution < -0.4 is 5.32 Å². The van der Waals surface area contributed by atoms with Crippen LogP contribution in [0.25, 0.3) is 0 Å². The lowest BCUT2D eigenvalue weighted by atomic mass is 10.1. The Morgan fingerprint density at radius 2 is 1.52 bits per heavy atom. The molecule has 0 radical (unpaired) electrons. The Kier molecular flexibility index (Phi) is 5.83. The predicted octanol–water partition coefficient (Wildman–Crippen LogP) is 3.32. The van der Waals surface area contributed by atoms with Crippen molar-refractivity contribution >= 4 is 33.0 Å². The van der Waals surface area contributed by atoms with Gasteiger partial charge in [-0.2, -0.15) is 4.31 Å². The van der Waals surface area contributed by atoms with Crippen molar-refractivity contribution < 1.29 is 8.42 Å². The van der Waals surface area contributed by atoms with Crippen LogP contribution in [-0.4, -0.2) is 48.9 Å². The van der Waals surface area contributed by atoms with Gasteiger partial charge in [-0.05, 0) is 56.8 Å². The molecule has 3 rings (SSSR count). The maximum absolute atomic E-state index is 12.8. The van der Waals surface area contributed by atoms with Gasteiger partial charge in [0.05, 0.1) is 4.90 Å². The maximum atomic E-state index is 12.8. The van der Waals surface area contributed by atoms with Gasteiger partial charge in [0.1, 0.15) is 0 Å². The molecule has 1 aliphatic rings. The molecule has 7 heteroatoms. The van der Waals surface area contributed by atoms with E-state index in [1.165, 1.54) is 9.87 Å². The van der Waals surface area contributed by atoms with Crippen molar-refractivity contribution in [1.29, 1.82) is 0 Å². The third-order valence-corrected chi connectivity index (χ3v) is 7.08. The number of anilines is 1. The van der Waals surface area contributed by atoms with Crippen LogP contribution in [0.3, 0.4) is 0 Å². The van der Waals surface area contributed by atoms with Gasteiger partial charge in [0, 0.05) is 31.9 Å². The first kappa shape index (κ1) is 19.8. The Balaban J connectivity index is 1.62. The van der Waals surface area contributed by atoms with E-state index in [9.17, 15) is 8.42 Å². The molecular weight excluding hydrogens is 378 g/mol. The number of nitrogens with zero attached hydrogens (tertiary/aromatic N) is 2. The van der Waals surface area contributed by atoms with Crippen LogP contribution in [0, 0.1) is 20.8 Å². The molecular formula is C20H25N3O2S2. The first-order chi connectivity index (χ1) is 12.8. The number of rotatable bonds is 3. The summed E-state index contributed by atoms with van der Waals surface area (Å²) in [5.41, 5.74) is 4.37. The van der Waals surface area contributed by atoms with Crippen LogP contribution >= 0.6 is 12.2 Å². The second kappa shape index (κ2) is 7.96. The van der Waals surface area contributed by atoms with Crippen LogP contribution in [0.1, 0.15) is 16.7 Å². The molecule has 0 amide bonds. The smallest absolute Gasteiger partial charge is 0.243 e. The number of sulfonamides is 1. The molecule has 0 aliphatic carbocycles. The summed E-state index contributed by atoms with van der Waals surface area (Å²) < 4.78 is 27.1. The van der Waals surface area contributed by atoms with E-state index in [2.05, 4.69) is 18.3 Å². The van der Waals surface area contributed by atoms with E-state index in [1.807, 2.05) is 43.0 Å². The molecule has 1 N–H and O–H groups in total. The van der Waals surface area contributed by atoms with Gasteiger partial charge < -0.3 is 10.2 Å². The summed E-state index contributed by atoms with van der Waals surface area (Å²) in [6.07, 6.45) is 0. The fraction of sp³-hybridized carbons (Fsp3) is 0.350. The highest BCUT2D eigenvalue weighted by Crippen LogP contribution is 2.20. The summed E-state index contributed by atoms with van der Waals surface area (Å²) in [7, 11) is -3.46.